The summed E-state index contributed by atoms with van der Waals surface area (Å²) in [6, 6.07) is 28.2. The molecule has 1 amide bonds. The number of nitrogens with one attached hydrogen (secondary N) is 2. The minimum atomic E-state index is -3.91. The Morgan fingerprint density at radius 1 is 0.697 bits per heavy atom. The summed E-state index contributed by atoms with van der Waals surface area (Å²) in [6.07, 6.45) is 0. The molecule has 0 saturated heterocycles. The average Bonchev–Trinajstić information content (AvgIpc) is 2.82. The van der Waals surface area contributed by atoms with E-state index in [9.17, 15) is 13.2 Å². The number of sulfonamides is 1. The van der Waals surface area contributed by atoms with Gasteiger partial charge in [-0.05, 0) is 65.7 Å². The Morgan fingerprint density at radius 2 is 1.30 bits per heavy atom. The largest absolute Gasteiger partial charge is 0.322 e. The number of hydrogen-bond donors (Lipinski definition) is 2. The molecule has 33 heavy (non-hydrogen) atoms. The quantitative estimate of drug-likeness (QED) is 0.257. The van der Waals surface area contributed by atoms with Gasteiger partial charge in [0.25, 0.3) is 15.9 Å². The second-order valence-corrected chi connectivity index (χ2v) is 10.7. The predicted octanol–water partition coefficient (Wildman–Crippen LogP) is 6.93. The molecule has 4 rings (SSSR count). The zero-order chi connectivity index (χ0) is 23.4. The van der Waals surface area contributed by atoms with Crippen LogP contribution in [0.1, 0.15) is 10.4 Å². The standard InChI is InChI=1S/C25H18Br2N2O3S/c26-19-8-11-21(12-9-19)28-25(30)23-16-20(27)10-15-24(23)29-33(31,32)22-13-6-18(7-14-22)17-4-2-1-3-5-17/h1-16,29H,(H,28,30). The third-order valence-corrected chi connectivity index (χ3v) is 7.25. The van der Waals surface area contributed by atoms with Crippen molar-refractivity contribution in [2.75, 3.05) is 10.0 Å². The van der Waals surface area contributed by atoms with Gasteiger partial charge >= 0.3 is 0 Å². The van der Waals surface area contributed by atoms with Crippen molar-refractivity contribution in [3.05, 3.63) is 112 Å². The number of carbonyl (C=O) groups is 1. The highest BCUT2D eigenvalue weighted by atomic mass is 79.9. The summed E-state index contributed by atoms with van der Waals surface area (Å²) in [7, 11) is -3.91. The van der Waals surface area contributed by atoms with E-state index in [-0.39, 0.29) is 16.1 Å². The van der Waals surface area contributed by atoms with Gasteiger partial charge in [-0.15, -0.1) is 0 Å². The first-order chi connectivity index (χ1) is 15.8. The summed E-state index contributed by atoms with van der Waals surface area (Å²) >= 11 is 6.71. The van der Waals surface area contributed by atoms with Gasteiger partial charge in [-0.25, -0.2) is 8.42 Å². The van der Waals surface area contributed by atoms with Crippen molar-refractivity contribution in [1.82, 2.24) is 0 Å². The highest BCUT2D eigenvalue weighted by Crippen LogP contribution is 2.27. The first kappa shape index (κ1) is 23.2. The van der Waals surface area contributed by atoms with E-state index in [1.54, 1.807) is 66.7 Å². The van der Waals surface area contributed by atoms with Gasteiger partial charge in [0.05, 0.1) is 16.1 Å². The molecule has 0 saturated carbocycles. The number of amides is 1. The van der Waals surface area contributed by atoms with E-state index in [1.165, 1.54) is 0 Å². The summed E-state index contributed by atoms with van der Waals surface area (Å²) in [5.41, 5.74) is 2.87. The van der Waals surface area contributed by atoms with Crippen molar-refractivity contribution in [2.24, 2.45) is 0 Å². The molecular formula is C25H18Br2N2O3S. The van der Waals surface area contributed by atoms with E-state index < -0.39 is 15.9 Å². The fourth-order valence-corrected chi connectivity index (χ4v) is 4.89. The molecular weight excluding hydrogens is 568 g/mol. The Balaban J connectivity index is 1.59. The first-order valence-corrected chi connectivity index (χ1v) is 12.9. The second-order valence-electron chi connectivity index (χ2n) is 7.15. The molecule has 4 aromatic rings. The van der Waals surface area contributed by atoms with Crippen molar-refractivity contribution in [2.45, 2.75) is 4.90 Å². The van der Waals surface area contributed by atoms with Crippen molar-refractivity contribution in [1.29, 1.82) is 0 Å². The molecule has 0 aliphatic rings. The van der Waals surface area contributed by atoms with Gasteiger partial charge in [-0.2, -0.15) is 0 Å². The third-order valence-electron chi connectivity index (χ3n) is 4.84. The minimum Gasteiger partial charge on any atom is -0.322 e. The zero-order valence-corrected chi connectivity index (χ0v) is 21.1. The Bertz CT molecular complexity index is 1390. The van der Waals surface area contributed by atoms with Gasteiger partial charge in [-0.1, -0.05) is 74.3 Å². The molecule has 166 valence electrons. The molecule has 0 radical (unpaired) electrons. The lowest BCUT2D eigenvalue weighted by molar-refractivity contribution is 0.102. The van der Waals surface area contributed by atoms with Gasteiger partial charge < -0.3 is 5.32 Å². The van der Waals surface area contributed by atoms with Crippen LogP contribution in [0, 0.1) is 0 Å². The van der Waals surface area contributed by atoms with Gasteiger partial charge in [0.1, 0.15) is 0 Å². The lowest BCUT2D eigenvalue weighted by atomic mass is 10.1. The van der Waals surface area contributed by atoms with Crippen LogP contribution in [-0.4, -0.2) is 14.3 Å². The molecule has 0 aliphatic heterocycles. The molecule has 0 spiro atoms. The predicted molar refractivity (Wildman–Crippen MR) is 139 cm³/mol. The third kappa shape index (κ3) is 5.71. The van der Waals surface area contributed by atoms with Gasteiger partial charge in [-0.3, -0.25) is 9.52 Å². The van der Waals surface area contributed by atoms with Crippen molar-refractivity contribution in [3.8, 4) is 11.1 Å². The Morgan fingerprint density at radius 3 is 1.97 bits per heavy atom. The highest BCUT2D eigenvalue weighted by Gasteiger charge is 2.19. The van der Waals surface area contributed by atoms with Crippen molar-refractivity contribution in [3.63, 3.8) is 0 Å². The van der Waals surface area contributed by atoms with E-state index in [0.29, 0.717) is 10.2 Å². The summed E-state index contributed by atoms with van der Waals surface area (Å²) < 4.78 is 30.2. The van der Waals surface area contributed by atoms with Crippen LogP contribution in [0.5, 0.6) is 0 Å². The van der Waals surface area contributed by atoms with Crippen LogP contribution in [0.4, 0.5) is 11.4 Å². The molecule has 0 bridgehead atoms. The maximum absolute atomic E-state index is 13.0. The molecule has 0 aliphatic carbocycles. The van der Waals surface area contributed by atoms with Crippen LogP contribution in [0.15, 0.2) is 111 Å². The van der Waals surface area contributed by atoms with Crippen LogP contribution in [0.3, 0.4) is 0 Å². The Labute approximate surface area is 209 Å². The monoisotopic (exact) mass is 584 g/mol. The molecule has 0 aromatic heterocycles. The van der Waals surface area contributed by atoms with Crippen LogP contribution in [-0.2, 0) is 10.0 Å². The number of halogens is 2. The molecule has 0 atom stereocenters. The molecule has 8 heteroatoms. The molecule has 2 N–H and O–H groups in total. The van der Waals surface area contributed by atoms with Gasteiger partial charge in [0.15, 0.2) is 0 Å². The van der Waals surface area contributed by atoms with E-state index in [4.69, 9.17) is 0 Å². The van der Waals surface area contributed by atoms with E-state index in [2.05, 4.69) is 41.9 Å². The van der Waals surface area contributed by atoms with E-state index >= 15 is 0 Å². The molecule has 5 nitrogen and oxygen atoms in total. The Hall–Kier alpha value is -2.94. The number of carbonyl (C=O) groups excluding carboxylic acids is 1. The van der Waals surface area contributed by atoms with Crippen molar-refractivity contribution < 1.29 is 13.2 Å². The number of hydrogen-bond acceptors (Lipinski definition) is 3. The SMILES string of the molecule is O=C(Nc1ccc(Br)cc1)c1cc(Br)ccc1NS(=O)(=O)c1ccc(-c2ccccc2)cc1. The minimum absolute atomic E-state index is 0.101. The van der Waals surface area contributed by atoms with Gasteiger partial charge in [0, 0.05) is 14.6 Å². The topological polar surface area (TPSA) is 75.3 Å². The first-order valence-electron chi connectivity index (χ1n) is 9.87. The maximum atomic E-state index is 13.0. The average molecular weight is 586 g/mol. The van der Waals surface area contributed by atoms with Gasteiger partial charge in [0.2, 0.25) is 0 Å². The van der Waals surface area contributed by atoms with Crippen molar-refractivity contribution >= 4 is 59.2 Å². The number of benzene rings is 4. The van der Waals surface area contributed by atoms with Crippen LogP contribution >= 0.6 is 31.9 Å². The normalized spacial score (nSPS) is 11.1. The van der Waals surface area contributed by atoms with Crippen LogP contribution in [0.2, 0.25) is 0 Å². The number of anilines is 2. The molecule has 4 aromatic carbocycles. The number of rotatable bonds is 6. The van der Waals surface area contributed by atoms with Crippen LogP contribution < -0.4 is 10.0 Å². The lowest BCUT2D eigenvalue weighted by Gasteiger charge is -2.14. The zero-order valence-electron chi connectivity index (χ0n) is 17.1. The molecule has 0 unspecified atom stereocenters. The van der Waals surface area contributed by atoms with Crippen LogP contribution in [0.25, 0.3) is 11.1 Å². The second kappa shape index (κ2) is 9.91. The summed E-state index contributed by atoms with van der Waals surface area (Å²) in [6.45, 7) is 0. The molecule has 0 fully saturated rings. The summed E-state index contributed by atoms with van der Waals surface area (Å²) in [5, 5.41) is 2.79. The van der Waals surface area contributed by atoms with E-state index in [1.807, 2.05) is 30.3 Å². The maximum Gasteiger partial charge on any atom is 0.261 e. The Kier molecular flexibility index (Phi) is 6.97. The fraction of sp³-hybridized carbons (Fsp3) is 0. The highest BCUT2D eigenvalue weighted by molar-refractivity contribution is 9.10. The molecule has 0 heterocycles. The summed E-state index contributed by atoms with van der Waals surface area (Å²) in [4.78, 5) is 13.0. The lowest BCUT2D eigenvalue weighted by Crippen LogP contribution is -2.18. The smallest absolute Gasteiger partial charge is 0.261 e. The summed E-state index contributed by atoms with van der Waals surface area (Å²) in [5.74, 6) is -0.434. The fourth-order valence-electron chi connectivity index (χ4n) is 3.19. The van der Waals surface area contributed by atoms with E-state index in [0.717, 1.165) is 15.6 Å².